The molecule has 1 unspecified atom stereocenters. The van der Waals surface area contributed by atoms with E-state index in [-0.39, 0.29) is 17.9 Å². The minimum absolute atomic E-state index is 0.0677. The number of para-hydroxylation sites is 1. The van der Waals surface area contributed by atoms with Crippen molar-refractivity contribution in [3.05, 3.63) is 65.0 Å². The first-order valence-electron chi connectivity index (χ1n) is 6.28. The summed E-state index contributed by atoms with van der Waals surface area (Å²) in [6.07, 6.45) is 0. The van der Waals surface area contributed by atoms with Gasteiger partial charge in [-0.3, -0.25) is 0 Å². The van der Waals surface area contributed by atoms with Gasteiger partial charge in [0.1, 0.15) is 5.75 Å². The van der Waals surface area contributed by atoms with Crippen molar-refractivity contribution in [2.45, 2.75) is 12.6 Å². The Morgan fingerprint density at radius 3 is 2.24 bits per heavy atom. The Labute approximate surface area is 119 Å². The maximum atomic E-state index is 13.2. The average molecular weight is 297 g/mol. The van der Waals surface area contributed by atoms with Crippen LogP contribution < -0.4 is 5.32 Å². The fourth-order valence-electron chi connectivity index (χ4n) is 1.96. The average Bonchev–Trinajstić information content (AvgIpc) is 2.47. The van der Waals surface area contributed by atoms with Gasteiger partial charge in [-0.2, -0.15) is 0 Å². The van der Waals surface area contributed by atoms with Crippen LogP contribution in [0.4, 0.5) is 13.2 Å². The van der Waals surface area contributed by atoms with Crippen LogP contribution in [0.5, 0.6) is 5.75 Å². The maximum absolute atomic E-state index is 13.2. The SMILES string of the molecule is OCC(NCc1ccccc1O)c1cc(F)c(F)c(F)c1. The summed E-state index contributed by atoms with van der Waals surface area (Å²) in [5, 5.41) is 21.8. The molecule has 1 atom stereocenters. The van der Waals surface area contributed by atoms with Crippen LogP contribution in [0.2, 0.25) is 0 Å². The van der Waals surface area contributed by atoms with Crippen LogP contribution in [0.15, 0.2) is 36.4 Å². The molecule has 112 valence electrons. The third-order valence-electron chi connectivity index (χ3n) is 3.12. The van der Waals surface area contributed by atoms with Crippen molar-refractivity contribution in [1.29, 1.82) is 0 Å². The van der Waals surface area contributed by atoms with E-state index >= 15 is 0 Å². The van der Waals surface area contributed by atoms with Gasteiger partial charge in [-0.05, 0) is 23.8 Å². The Morgan fingerprint density at radius 1 is 1.05 bits per heavy atom. The van der Waals surface area contributed by atoms with E-state index in [1.54, 1.807) is 18.2 Å². The predicted molar refractivity (Wildman–Crippen MR) is 71.1 cm³/mol. The van der Waals surface area contributed by atoms with Gasteiger partial charge in [0.25, 0.3) is 0 Å². The standard InChI is InChI=1S/C15H14F3NO2/c16-11-5-10(6-12(17)15(11)18)13(8-20)19-7-9-3-1-2-4-14(9)21/h1-6,13,19-21H,7-8H2. The van der Waals surface area contributed by atoms with E-state index in [4.69, 9.17) is 0 Å². The van der Waals surface area contributed by atoms with E-state index in [2.05, 4.69) is 5.32 Å². The minimum Gasteiger partial charge on any atom is -0.508 e. The predicted octanol–water partition coefficient (Wildman–Crippen LogP) is 2.63. The lowest BCUT2D eigenvalue weighted by Gasteiger charge is -2.17. The van der Waals surface area contributed by atoms with E-state index in [1.165, 1.54) is 6.07 Å². The Bertz CT molecular complexity index is 611. The van der Waals surface area contributed by atoms with Gasteiger partial charge in [0.15, 0.2) is 17.5 Å². The Hall–Kier alpha value is -2.05. The summed E-state index contributed by atoms with van der Waals surface area (Å²) < 4.78 is 39.3. The van der Waals surface area contributed by atoms with Gasteiger partial charge in [0, 0.05) is 12.1 Å². The molecule has 0 aliphatic heterocycles. The fraction of sp³-hybridized carbons (Fsp3) is 0.200. The van der Waals surface area contributed by atoms with Gasteiger partial charge in [-0.15, -0.1) is 0 Å². The Morgan fingerprint density at radius 2 is 1.67 bits per heavy atom. The molecule has 0 fully saturated rings. The van der Waals surface area contributed by atoms with Crippen LogP contribution in [0.25, 0.3) is 0 Å². The number of phenols is 1. The summed E-state index contributed by atoms with van der Waals surface area (Å²) in [5.41, 5.74) is 0.656. The summed E-state index contributed by atoms with van der Waals surface area (Å²) in [7, 11) is 0. The second-order valence-corrected chi connectivity index (χ2v) is 4.54. The molecule has 3 N–H and O–H groups in total. The third-order valence-corrected chi connectivity index (χ3v) is 3.12. The molecular weight excluding hydrogens is 283 g/mol. The van der Waals surface area contributed by atoms with Crippen molar-refractivity contribution in [3.8, 4) is 5.75 Å². The quantitative estimate of drug-likeness (QED) is 0.744. The Balaban J connectivity index is 2.15. The third kappa shape index (κ3) is 3.53. The van der Waals surface area contributed by atoms with Crippen LogP contribution in [0.1, 0.15) is 17.2 Å². The normalized spacial score (nSPS) is 12.4. The van der Waals surface area contributed by atoms with Gasteiger partial charge in [0.05, 0.1) is 12.6 Å². The zero-order chi connectivity index (χ0) is 15.4. The second-order valence-electron chi connectivity index (χ2n) is 4.54. The first kappa shape index (κ1) is 15.3. The number of rotatable bonds is 5. The summed E-state index contributed by atoms with van der Waals surface area (Å²) >= 11 is 0. The highest BCUT2D eigenvalue weighted by Gasteiger charge is 2.17. The lowest BCUT2D eigenvalue weighted by Crippen LogP contribution is -2.24. The van der Waals surface area contributed by atoms with Gasteiger partial charge < -0.3 is 15.5 Å². The van der Waals surface area contributed by atoms with Crippen molar-refractivity contribution < 1.29 is 23.4 Å². The number of aliphatic hydroxyl groups is 1. The first-order valence-corrected chi connectivity index (χ1v) is 6.28. The smallest absolute Gasteiger partial charge is 0.194 e. The summed E-state index contributed by atoms with van der Waals surface area (Å²) in [4.78, 5) is 0. The molecule has 2 aromatic rings. The van der Waals surface area contributed by atoms with Crippen LogP contribution in [-0.4, -0.2) is 16.8 Å². The van der Waals surface area contributed by atoms with E-state index in [0.29, 0.717) is 5.56 Å². The fourth-order valence-corrected chi connectivity index (χ4v) is 1.96. The van der Waals surface area contributed by atoms with Gasteiger partial charge in [-0.1, -0.05) is 18.2 Å². The van der Waals surface area contributed by atoms with Crippen LogP contribution in [-0.2, 0) is 6.54 Å². The number of aliphatic hydroxyl groups excluding tert-OH is 1. The highest BCUT2D eigenvalue weighted by molar-refractivity contribution is 5.32. The number of nitrogens with one attached hydrogen (secondary N) is 1. The van der Waals surface area contributed by atoms with Gasteiger partial charge in [0.2, 0.25) is 0 Å². The van der Waals surface area contributed by atoms with Crippen LogP contribution in [0.3, 0.4) is 0 Å². The van der Waals surface area contributed by atoms with E-state index in [1.807, 2.05) is 0 Å². The molecule has 0 saturated heterocycles. The molecule has 0 heterocycles. The zero-order valence-corrected chi connectivity index (χ0v) is 11.0. The summed E-state index contributed by atoms with van der Waals surface area (Å²) in [6.45, 7) is -0.253. The summed E-state index contributed by atoms with van der Waals surface area (Å²) in [6, 6.07) is 7.43. The largest absolute Gasteiger partial charge is 0.508 e. The van der Waals surface area contributed by atoms with E-state index < -0.39 is 30.1 Å². The van der Waals surface area contributed by atoms with Crippen molar-refractivity contribution in [3.63, 3.8) is 0 Å². The van der Waals surface area contributed by atoms with Crippen LogP contribution >= 0.6 is 0 Å². The van der Waals surface area contributed by atoms with Gasteiger partial charge in [-0.25, -0.2) is 13.2 Å². The zero-order valence-electron chi connectivity index (χ0n) is 11.0. The van der Waals surface area contributed by atoms with Crippen molar-refractivity contribution in [1.82, 2.24) is 5.32 Å². The summed E-state index contributed by atoms with van der Waals surface area (Å²) in [5.74, 6) is -4.10. The van der Waals surface area contributed by atoms with Crippen molar-refractivity contribution >= 4 is 0 Å². The van der Waals surface area contributed by atoms with Crippen molar-refractivity contribution in [2.75, 3.05) is 6.61 Å². The number of phenolic OH excluding ortho intramolecular Hbond substituents is 1. The number of benzene rings is 2. The lowest BCUT2D eigenvalue weighted by atomic mass is 10.1. The monoisotopic (exact) mass is 297 g/mol. The molecule has 3 nitrogen and oxygen atoms in total. The lowest BCUT2D eigenvalue weighted by molar-refractivity contribution is 0.242. The first-order chi connectivity index (χ1) is 10.0. The molecule has 0 aliphatic rings. The molecule has 0 bridgehead atoms. The number of halogens is 3. The van der Waals surface area contributed by atoms with Crippen LogP contribution in [0, 0.1) is 17.5 Å². The molecular formula is C15H14F3NO2. The molecule has 0 saturated carbocycles. The molecule has 0 aromatic heterocycles. The minimum atomic E-state index is -1.55. The molecule has 6 heteroatoms. The number of hydrogen-bond donors (Lipinski definition) is 3. The maximum Gasteiger partial charge on any atom is 0.194 e. The molecule has 0 spiro atoms. The molecule has 2 aromatic carbocycles. The molecule has 2 rings (SSSR count). The van der Waals surface area contributed by atoms with Gasteiger partial charge >= 0.3 is 0 Å². The number of aromatic hydroxyl groups is 1. The molecule has 21 heavy (non-hydrogen) atoms. The van der Waals surface area contributed by atoms with E-state index in [9.17, 15) is 23.4 Å². The molecule has 0 aliphatic carbocycles. The highest BCUT2D eigenvalue weighted by Crippen LogP contribution is 2.21. The topological polar surface area (TPSA) is 52.5 Å². The molecule has 0 radical (unpaired) electrons. The Kier molecular flexibility index (Phi) is 4.82. The molecule has 0 amide bonds. The van der Waals surface area contributed by atoms with E-state index in [0.717, 1.165) is 12.1 Å². The number of hydrogen-bond acceptors (Lipinski definition) is 3. The van der Waals surface area contributed by atoms with Crippen molar-refractivity contribution in [2.24, 2.45) is 0 Å². The highest BCUT2D eigenvalue weighted by atomic mass is 19.2. The second kappa shape index (κ2) is 6.60.